The van der Waals surface area contributed by atoms with Crippen LogP contribution in [0.5, 0.6) is 5.88 Å². The van der Waals surface area contributed by atoms with E-state index in [1.54, 1.807) is 7.11 Å². The van der Waals surface area contributed by atoms with E-state index in [4.69, 9.17) is 15.6 Å². The quantitative estimate of drug-likeness (QED) is 0.918. The van der Waals surface area contributed by atoms with Crippen LogP contribution in [0, 0.1) is 23.7 Å². The zero-order valence-electron chi connectivity index (χ0n) is 12.3. The summed E-state index contributed by atoms with van der Waals surface area (Å²) in [6.45, 7) is 0.683. The van der Waals surface area contributed by atoms with Crippen LogP contribution in [0.4, 0.5) is 0 Å². The standard InChI is InChI=1S/C16H25N3O/c1-20-15-9-14(2-3-17)19(18-15)16-12-5-10-4-11(7-12)8-13(16)6-10/h9-13,16H,2-8,17H2,1H3. The van der Waals surface area contributed by atoms with Crippen molar-refractivity contribution >= 4 is 0 Å². The fourth-order valence-electron chi connectivity index (χ4n) is 5.40. The van der Waals surface area contributed by atoms with E-state index in [9.17, 15) is 0 Å². The zero-order chi connectivity index (χ0) is 13.7. The van der Waals surface area contributed by atoms with Crippen LogP contribution in [0.2, 0.25) is 0 Å². The van der Waals surface area contributed by atoms with Crippen molar-refractivity contribution < 1.29 is 4.74 Å². The third kappa shape index (κ3) is 1.88. The number of hydrogen-bond donors (Lipinski definition) is 1. The van der Waals surface area contributed by atoms with Gasteiger partial charge in [-0.15, -0.1) is 5.10 Å². The topological polar surface area (TPSA) is 53.1 Å². The van der Waals surface area contributed by atoms with E-state index in [0.29, 0.717) is 12.6 Å². The van der Waals surface area contributed by atoms with Gasteiger partial charge in [-0.25, -0.2) is 0 Å². The maximum atomic E-state index is 5.77. The van der Waals surface area contributed by atoms with Gasteiger partial charge in [-0.3, -0.25) is 4.68 Å². The second-order valence-corrected chi connectivity index (χ2v) is 7.08. The molecule has 0 saturated heterocycles. The SMILES string of the molecule is COc1cc(CCN)n(C2C3CC4CC(C3)CC2C4)n1. The van der Waals surface area contributed by atoms with Crippen molar-refractivity contribution in [2.24, 2.45) is 29.4 Å². The first-order valence-corrected chi connectivity index (χ1v) is 8.11. The number of nitrogens with two attached hydrogens (primary N) is 1. The second-order valence-electron chi connectivity index (χ2n) is 7.08. The van der Waals surface area contributed by atoms with Crippen LogP contribution in [0.15, 0.2) is 6.07 Å². The highest BCUT2D eigenvalue weighted by Crippen LogP contribution is 2.58. The lowest BCUT2D eigenvalue weighted by atomic mass is 9.54. The molecule has 4 heteroatoms. The van der Waals surface area contributed by atoms with Crippen LogP contribution in [0.3, 0.4) is 0 Å². The predicted molar refractivity (Wildman–Crippen MR) is 77.6 cm³/mol. The summed E-state index contributed by atoms with van der Waals surface area (Å²) in [7, 11) is 1.70. The Labute approximate surface area is 120 Å². The third-order valence-electron chi connectivity index (χ3n) is 5.86. The molecule has 0 unspecified atom stereocenters. The molecule has 0 atom stereocenters. The molecule has 4 bridgehead atoms. The van der Waals surface area contributed by atoms with Crippen molar-refractivity contribution in [1.82, 2.24) is 9.78 Å². The summed E-state index contributed by atoms with van der Waals surface area (Å²) in [5, 5.41) is 4.73. The minimum Gasteiger partial charge on any atom is -0.480 e. The first-order valence-electron chi connectivity index (χ1n) is 8.11. The first kappa shape index (κ1) is 12.7. The Bertz CT molecular complexity index is 468. The number of ether oxygens (including phenoxy) is 1. The largest absolute Gasteiger partial charge is 0.480 e. The van der Waals surface area contributed by atoms with Gasteiger partial charge in [0.15, 0.2) is 0 Å². The molecule has 4 aliphatic carbocycles. The molecule has 0 amide bonds. The molecule has 0 aliphatic heterocycles. The molecule has 1 aromatic heterocycles. The number of aromatic nitrogens is 2. The van der Waals surface area contributed by atoms with E-state index in [2.05, 4.69) is 10.7 Å². The Hall–Kier alpha value is -1.03. The van der Waals surface area contributed by atoms with Gasteiger partial charge >= 0.3 is 0 Å². The highest BCUT2D eigenvalue weighted by atomic mass is 16.5. The summed E-state index contributed by atoms with van der Waals surface area (Å²) in [4.78, 5) is 0. The van der Waals surface area contributed by atoms with Gasteiger partial charge in [0.25, 0.3) is 0 Å². The molecule has 1 aromatic rings. The molecule has 110 valence electrons. The Morgan fingerprint density at radius 2 is 1.85 bits per heavy atom. The van der Waals surface area contributed by atoms with Crippen molar-refractivity contribution in [2.75, 3.05) is 13.7 Å². The predicted octanol–water partition coefficient (Wildman–Crippen LogP) is 2.39. The molecule has 4 fully saturated rings. The molecular weight excluding hydrogens is 250 g/mol. The molecule has 2 N–H and O–H groups in total. The summed E-state index contributed by atoms with van der Waals surface area (Å²) < 4.78 is 7.64. The summed E-state index contributed by atoms with van der Waals surface area (Å²) >= 11 is 0. The second kappa shape index (κ2) is 4.76. The number of rotatable bonds is 4. The Morgan fingerprint density at radius 3 is 2.40 bits per heavy atom. The molecule has 4 saturated carbocycles. The van der Waals surface area contributed by atoms with Crippen LogP contribution in [-0.4, -0.2) is 23.4 Å². The van der Waals surface area contributed by atoms with Gasteiger partial charge in [0.1, 0.15) is 0 Å². The van der Waals surface area contributed by atoms with E-state index in [1.165, 1.54) is 37.8 Å². The number of methoxy groups -OCH3 is 1. The summed E-state index contributed by atoms with van der Waals surface area (Å²) in [6.07, 6.45) is 8.07. The Kier molecular flexibility index (Phi) is 3.02. The lowest BCUT2D eigenvalue weighted by Crippen LogP contribution is -2.46. The zero-order valence-corrected chi connectivity index (χ0v) is 12.3. The normalized spacial score (nSPS) is 38.4. The lowest BCUT2D eigenvalue weighted by molar-refractivity contribution is -0.0348. The van der Waals surface area contributed by atoms with Crippen LogP contribution >= 0.6 is 0 Å². The minimum atomic E-state index is 0.605. The van der Waals surface area contributed by atoms with Crippen LogP contribution in [0.1, 0.15) is 43.8 Å². The molecular formula is C16H25N3O. The van der Waals surface area contributed by atoms with Crippen LogP contribution in [0.25, 0.3) is 0 Å². The van der Waals surface area contributed by atoms with Gasteiger partial charge < -0.3 is 10.5 Å². The summed E-state index contributed by atoms with van der Waals surface area (Å²) in [5.41, 5.74) is 7.04. The van der Waals surface area contributed by atoms with Crippen LogP contribution < -0.4 is 10.5 Å². The van der Waals surface area contributed by atoms with Crippen molar-refractivity contribution in [1.29, 1.82) is 0 Å². The average Bonchev–Trinajstić information content (AvgIpc) is 2.81. The van der Waals surface area contributed by atoms with E-state index in [0.717, 1.165) is 36.0 Å². The Morgan fingerprint density at radius 1 is 1.20 bits per heavy atom. The molecule has 1 heterocycles. The van der Waals surface area contributed by atoms with Crippen molar-refractivity contribution in [3.05, 3.63) is 11.8 Å². The maximum Gasteiger partial charge on any atom is 0.232 e. The summed E-state index contributed by atoms with van der Waals surface area (Å²) in [6, 6.07) is 2.69. The fourth-order valence-corrected chi connectivity index (χ4v) is 5.40. The smallest absolute Gasteiger partial charge is 0.232 e. The monoisotopic (exact) mass is 275 g/mol. The molecule has 4 aliphatic rings. The molecule has 0 spiro atoms. The van der Waals surface area contributed by atoms with E-state index >= 15 is 0 Å². The van der Waals surface area contributed by atoms with Crippen molar-refractivity contribution in [3.8, 4) is 5.88 Å². The third-order valence-corrected chi connectivity index (χ3v) is 5.86. The molecule has 5 rings (SSSR count). The Balaban J connectivity index is 1.68. The summed E-state index contributed by atoms with van der Waals surface area (Å²) in [5.74, 6) is 4.44. The van der Waals surface area contributed by atoms with E-state index in [1.807, 2.05) is 0 Å². The molecule has 4 nitrogen and oxygen atoms in total. The van der Waals surface area contributed by atoms with Crippen LogP contribution in [-0.2, 0) is 6.42 Å². The highest BCUT2D eigenvalue weighted by molar-refractivity contribution is 5.18. The lowest BCUT2D eigenvalue weighted by Gasteiger charge is -2.54. The highest BCUT2D eigenvalue weighted by Gasteiger charge is 2.49. The van der Waals surface area contributed by atoms with Gasteiger partial charge in [-0.2, -0.15) is 0 Å². The number of nitrogens with zero attached hydrogens (tertiary/aromatic N) is 2. The van der Waals surface area contributed by atoms with Gasteiger partial charge in [-0.05, 0) is 62.3 Å². The van der Waals surface area contributed by atoms with Crippen molar-refractivity contribution in [3.63, 3.8) is 0 Å². The van der Waals surface area contributed by atoms with E-state index < -0.39 is 0 Å². The van der Waals surface area contributed by atoms with Crippen molar-refractivity contribution in [2.45, 2.75) is 44.6 Å². The first-order chi connectivity index (χ1) is 9.78. The average molecular weight is 275 g/mol. The van der Waals surface area contributed by atoms with Gasteiger partial charge in [-0.1, -0.05) is 0 Å². The number of hydrogen-bond acceptors (Lipinski definition) is 3. The fraction of sp³-hybridized carbons (Fsp3) is 0.812. The maximum absolute atomic E-state index is 5.77. The van der Waals surface area contributed by atoms with Gasteiger partial charge in [0.2, 0.25) is 5.88 Å². The van der Waals surface area contributed by atoms with Gasteiger partial charge in [0.05, 0.1) is 13.2 Å². The van der Waals surface area contributed by atoms with Gasteiger partial charge in [0, 0.05) is 18.2 Å². The molecule has 20 heavy (non-hydrogen) atoms. The minimum absolute atomic E-state index is 0.605. The molecule has 0 aromatic carbocycles. The molecule has 0 radical (unpaired) electrons. The van der Waals surface area contributed by atoms with E-state index in [-0.39, 0.29) is 0 Å².